The van der Waals surface area contributed by atoms with Crippen molar-refractivity contribution in [2.45, 2.75) is 38.7 Å². The molecule has 1 aromatic carbocycles. The summed E-state index contributed by atoms with van der Waals surface area (Å²) in [5.74, 6) is -0.0465. The third-order valence-electron chi connectivity index (χ3n) is 3.47. The zero-order valence-electron chi connectivity index (χ0n) is 14.5. The van der Waals surface area contributed by atoms with Crippen molar-refractivity contribution in [1.29, 1.82) is 0 Å². The number of aromatic nitrogens is 1. The molecular weight excluding hydrogens is 356 g/mol. The summed E-state index contributed by atoms with van der Waals surface area (Å²) in [6, 6.07) is 9.32. The summed E-state index contributed by atoms with van der Waals surface area (Å²) in [7, 11) is 0. The van der Waals surface area contributed by atoms with E-state index in [0.29, 0.717) is 18.5 Å². The number of carbonyl (C=O) groups excluding carboxylic acids is 2. The number of amides is 1. The Morgan fingerprint density at radius 2 is 2.00 bits per heavy atom. The molecule has 2 rings (SSSR count). The molecule has 0 fully saturated rings. The molecule has 7 heteroatoms. The lowest BCUT2D eigenvalue weighted by molar-refractivity contribution is 0.0526. The summed E-state index contributed by atoms with van der Waals surface area (Å²) in [6.07, 6.45) is 1.91. The van der Waals surface area contributed by atoms with Crippen LogP contribution in [0, 0.1) is 0 Å². The molecule has 1 amide bonds. The average Bonchev–Trinajstić information content (AvgIpc) is 3.04. The highest BCUT2D eigenvalue weighted by atomic mass is 32.1. The lowest BCUT2D eigenvalue weighted by atomic mass is 9.90. The highest BCUT2D eigenvalue weighted by molar-refractivity contribution is 7.97. The first-order valence-electron chi connectivity index (χ1n) is 7.97. The molecule has 1 heterocycles. The van der Waals surface area contributed by atoms with Gasteiger partial charge in [-0.25, -0.2) is 9.17 Å². The summed E-state index contributed by atoms with van der Waals surface area (Å²) < 4.78 is 9.41. The Bertz CT molecular complexity index is 724. The van der Waals surface area contributed by atoms with Crippen LogP contribution in [0.25, 0.3) is 0 Å². The number of hydrogen-bond acceptors (Lipinski definition) is 5. The molecule has 0 spiro atoms. The second kappa shape index (κ2) is 8.49. The highest BCUT2D eigenvalue weighted by Crippen LogP contribution is 2.32. The SMILES string of the molecule is CC(C)(C)OC(=O)NCC[C@H](c1ccns1)c1ccccc1C(=O)S. The van der Waals surface area contributed by atoms with E-state index in [-0.39, 0.29) is 11.0 Å². The molecule has 0 unspecified atom stereocenters. The van der Waals surface area contributed by atoms with Gasteiger partial charge in [-0.15, -0.1) is 12.6 Å². The number of nitrogens with one attached hydrogen (secondary N) is 1. The van der Waals surface area contributed by atoms with Crippen molar-refractivity contribution in [3.8, 4) is 0 Å². The van der Waals surface area contributed by atoms with Crippen LogP contribution >= 0.6 is 24.2 Å². The molecule has 1 N–H and O–H groups in total. The Morgan fingerprint density at radius 1 is 1.28 bits per heavy atom. The van der Waals surface area contributed by atoms with Crippen molar-refractivity contribution in [3.05, 3.63) is 52.5 Å². The second-order valence-electron chi connectivity index (χ2n) is 6.58. The largest absolute Gasteiger partial charge is 0.444 e. The van der Waals surface area contributed by atoms with Crippen molar-refractivity contribution in [2.24, 2.45) is 0 Å². The quantitative estimate of drug-likeness (QED) is 0.737. The first kappa shape index (κ1) is 19.5. The number of benzene rings is 1. The second-order valence-corrected chi connectivity index (χ2v) is 7.85. The van der Waals surface area contributed by atoms with Crippen LogP contribution in [0.2, 0.25) is 0 Å². The van der Waals surface area contributed by atoms with Crippen molar-refractivity contribution in [1.82, 2.24) is 9.69 Å². The van der Waals surface area contributed by atoms with Crippen LogP contribution < -0.4 is 5.32 Å². The van der Waals surface area contributed by atoms with Crippen LogP contribution in [0.15, 0.2) is 36.5 Å². The summed E-state index contributed by atoms with van der Waals surface area (Å²) in [4.78, 5) is 24.7. The molecular formula is C18H22N2O3S2. The lowest BCUT2D eigenvalue weighted by Crippen LogP contribution is -2.33. The number of nitrogens with zero attached hydrogens (tertiary/aromatic N) is 1. The van der Waals surface area contributed by atoms with Crippen molar-refractivity contribution >= 4 is 35.4 Å². The topological polar surface area (TPSA) is 68.3 Å². The minimum Gasteiger partial charge on any atom is -0.444 e. The highest BCUT2D eigenvalue weighted by Gasteiger charge is 2.22. The van der Waals surface area contributed by atoms with E-state index >= 15 is 0 Å². The molecule has 134 valence electrons. The number of alkyl carbamates (subject to hydrolysis) is 1. The van der Waals surface area contributed by atoms with Crippen LogP contribution in [0.5, 0.6) is 0 Å². The van der Waals surface area contributed by atoms with Gasteiger partial charge in [0, 0.05) is 29.1 Å². The average molecular weight is 379 g/mol. The van der Waals surface area contributed by atoms with Crippen LogP contribution in [-0.4, -0.2) is 27.7 Å². The van der Waals surface area contributed by atoms with Gasteiger partial charge in [0.15, 0.2) is 0 Å². The van der Waals surface area contributed by atoms with Crippen LogP contribution in [0.4, 0.5) is 4.79 Å². The Kier molecular flexibility index (Phi) is 6.61. The van der Waals surface area contributed by atoms with E-state index in [9.17, 15) is 9.59 Å². The van der Waals surface area contributed by atoms with Crippen LogP contribution in [-0.2, 0) is 4.74 Å². The summed E-state index contributed by atoms with van der Waals surface area (Å²) in [5.41, 5.74) is 0.922. The van der Waals surface area contributed by atoms with E-state index in [1.54, 1.807) is 12.3 Å². The van der Waals surface area contributed by atoms with Crippen molar-refractivity contribution in [2.75, 3.05) is 6.54 Å². The van der Waals surface area contributed by atoms with Crippen LogP contribution in [0.3, 0.4) is 0 Å². The van der Waals surface area contributed by atoms with Gasteiger partial charge >= 0.3 is 6.09 Å². The Morgan fingerprint density at radius 3 is 2.60 bits per heavy atom. The van der Waals surface area contributed by atoms with Gasteiger partial charge in [0.25, 0.3) is 0 Å². The molecule has 0 aliphatic heterocycles. The fourth-order valence-electron chi connectivity index (χ4n) is 2.48. The van der Waals surface area contributed by atoms with Crippen molar-refractivity contribution in [3.63, 3.8) is 0 Å². The zero-order chi connectivity index (χ0) is 18.4. The van der Waals surface area contributed by atoms with Crippen LogP contribution in [0.1, 0.15) is 53.9 Å². The van der Waals surface area contributed by atoms with E-state index in [0.717, 1.165) is 10.4 Å². The summed E-state index contributed by atoms with van der Waals surface area (Å²) >= 11 is 5.36. The molecule has 0 radical (unpaired) electrons. The minimum atomic E-state index is -0.536. The van der Waals surface area contributed by atoms with E-state index in [1.807, 2.05) is 45.0 Å². The van der Waals surface area contributed by atoms with Gasteiger partial charge < -0.3 is 10.1 Å². The van der Waals surface area contributed by atoms with Gasteiger partial charge in [-0.1, -0.05) is 24.3 Å². The van der Waals surface area contributed by atoms with Gasteiger partial charge in [-0.2, -0.15) is 0 Å². The summed E-state index contributed by atoms with van der Waals surface area (Å²) in [5, 5.41) is 2.50. The molecule has 2 aromatic rings. The molecule has 0 saturated carbocycles. The Hall–Kier alpha value is -1.86. The molecule has 0 bridgehead atoms. The molecule has 0 aliphatic carbocycles. The van der Waals surface area contributed by atoms with Gasteiger partial charge in [0.1, 0.15) is 5.60 Å². The number of ether oxygens (including phenoxy) is 1. The number of rotatable bonds is 6. The Labute approximate surface area is 157 Å². The molecule has 0 saturated heterocycles. The smallest absolute Gasteiger partial charge is 0.407 e. The number of thiol groups is 1. The predicted molar refractivity (Wildman–Crippen MR) is 103 cm³/mol. The van der Waals surface area contributed by atoms with Gasteiger partial charge in [0.2, 0.25) is 5.12 Å². The van der Waals surface area contributed by atoms with Gasteiger partial charge in [0.05, 0.1) is 0 Å². The zero-order valence-corrected chi connectivity index (χ0v) is 16.2. The van der Waals surface area contributed by atoms with Crippen molar-refractivity contribution < 1.29 is 14.3 Å². The molecule has 5 nitrogen and oxygen atoms in total. The maximum Gasteiger partial charge on any atom is 0.407 e. The first-order chi connectivity index (χ1) is 11.8. The molecule has 1 aromatic heterocycles. The first-order valence-corrected chi connectivity index (χ1v) is 9.19. The van der Waals surface area contributed by atoms with E-state index in [1.165, 1.54) is 11.5 Å². The Balaban J connectivity index is 2.14. The standard InChI is InChI=1S/C18H22N2O3S2/c1-18(2,3)23-17(22)19-10-8-13(15-9-11-20-25-15)12-6-4-5-7-14(12)16(21)24/h4-7,9,11,13H,8,10H2,1-3H3,(H,19,22)(H,21,24)/t13-/m0/s1. The number of carbonyl (C=O) groups is 2. The fraction of sp³-hybridized carbons (Fsp3) is 0.389. The molecule has 1 atom stereocenters. The van der Waals surface area contributed by atoms with Gasteiger partial charge in [-0.05, 0) is 50.4 Å². The third-order valence-corrected chi connectivity index (χ3v) is 4.57. The molecule has 0 aliphatic rings. The van der Waals surface area contributed by atoms with E-state index < -0.39 is 11.7 Å². The predicted octanol–water partition coefficient (Wildman–Crippen LogP) is 4.26. The van der Waals surface area contributed by atoms with E-state index in [2.05, 4.69) is 22.3 Å². The maximum absolute atomic E-state index is 11.8. The fourth-order valence-corrected chi connectivity index (χ4v) is 3.43. The van der Waals surface area contributed by atoms with Gasteiger partial charge in [-0.3, -0.25) is 4.79 Å². The monoisotopic (exact) mass is 378 g/mol. The number of hydrogen-bond donors (Lipinski definition) is 2. The normalized spacial score (nSPS) is 12.5. The summed E-state index contributed by atoms with van der Waals surface area (Å²) in [6.45, 7) is 5.89. The molecule has 25 heavy (non-hydrogen) atoms. The third kappa shape index (κ3) is 5.86. The lowest BCUT2D eigenvalue weighted by Gasteiger charge is -2.21. The minimum absolute atomic E-state index is 0.0465. The maximum atomic E-state index is 11.8. The van der Waals surface area contributed by atoms with E-state index in [4.69, 9.17) is 4.74 Å².